The van der Waals surface area contributed by atoms with Crippen molar-refractivity contribution in [1.29, 1.82) is 0 Å². The molecule has 1 unspecified atom stereocenters. The largest absolute Gasteiger partial charge is 0.326 e. The number of hydrogen-bond donors (Lipinski definition) is 4. The van der Waals surface area contributed by atoms with E-state index in [2.05, 4.69) is 22.9 Å². The van der Waals surface area contributed by atoms with Crippen LogP contribution >= 0.6 is 0 Å². The summed E-state index contributed by atoms with van der Waals surface area (Å²) in [6.45, 7) is 7.55. The van der Waals surface area contributed by atoms with E-state index in [0.29, 0.717) is 6.42 Å². The molecule has 0 aliphatic carbocycles. The molecule has 0 radical (unpaired) electrons. The standard InChI is InChI=1S/C15H27N5O2/c1-2-17-7-8-18-9-10-19-12-14(16)11-13-3-5-15(6-4-13)20(21)22/h3-6,14,17-19H,2,7-12,16H2,1H3. The molecule has 0 saturated heterocycles. The van der Waals surface area contributed by atoms with Crippen molar-refractivity contribution >= 4 is 5.69 Å². The average Bonchev–Trinajstić information content (AvgIpc) is 2.50. The minimum Gasteiger partial charge on any atom is -0.326 e. The molecular weight excluding hydrogens is 282 g/mol. The first-order chi connectivity index (χ1) is 10.6. The van der Waals surface area contributed by atoms with Gasteiger partial charge in [0.25, 0.3) is 5.69 Å². The van der Waals surface area contributed by atoms with Crippen LogP contribution in [0.15, 0.2) is 24.3 Å². The summed E-state index contributed by atoms with van der Waals surface area (Å²) in [5.74, 6) is 0. The lowest BCUT2D eigenvalue weighted by Gasteiger charge is -2.13. The number of likely N-dealkylation sites (N-methyl/N-ethyl adjacent to an activating group) is 1. The highest BCUT2D eigenvalue weighted by atomic mass is 16.6. The van der Waals surface area contributed by atoms with Crippen molar-refractivity contribution in [3.63, 3.8) is 0 Å². The minimum absolute atomic E-state index is 0.00298. The van der Waals surface area contributed by atoms with E-state index in [1.807, 2.05) is 0 Å². The smallest absolute Gasteiger partial charge is 0.269 e. The van der Waals surface area contributed by atoms with Gasteiger partial charge in [-0.2, -0.15) is 0 Å². The minimum atomic E-state index is -0.395. The number of nitrogens with two attached hydrogens (primary N) is 1. The van der Waals surface area contributed by atoms with E-state index < -0.39 is 4.92 Å². The number of rotatable bonds is 12. The Morgan fingerprint density at radius 2 is 1.68 bits per heavy atom. The third-order valence-electron chi connectivity index (χ3n) is 3.26. The number of nitro benzene ring substituents is 1. The Morgan fingerprint density at radius 3 is 2.27 bits per heavy atom. The summed E-state index contributed by atoms with van der Waals surface area (Å²) in [5.41, 5.74) is 7.18. The normalized spacial score (nSPS) is 12.3. The van der Waals surface area contributed by atoms with E-state index in [4.69, 9.17) is 5.73 Å². The summed E-state index contributed by atoms with van der Waals surface area (Å²) in [6.07, 6.45) is 0.707. The van der Waals surface area contributed by atoms with Gasteiger partial charge in [-0.05, 0) is 18.5 Å². The lowest BCUT2D eigenvalue weighted by Crippen LogP contribution is -2.39. The lowest BCUT2D eigenvalue weighted by atomic mass is 10.1. The number of hydrogen-bond acceptors (Lipinski definition) is 6. The molecule has 0 fully saturated rings. The first-order valence-electron chi connectivity index (χ1n) is 7.74. The van der Waals surface area contributed by atoms with Gasteiger partial charge in [-0.3, -0.25) is 10.1 Å². The zero-order valence-electron chi connectivity index (χ0n) is 13.2. The van der Waals surface area contributed by atoms with Gasteiger partial charge in [0, 0.05) is 50.9 Å². The molecule has 124 valence electrons. The van der Waals surface area contributed by atoms with E-state index in [1.165, 1.54) is 12.1 Å². The molecule has 0 heterocycles. The Kier molecular flexibility index (Phi) is 9.33. The third-order valence-corrected chi connectivity index (χ3v) is 3.26. The molecule has 0 aromatic heterocycles. The van der Waals surface area contributed by atoms with Crippen molar-refractivity contribution in [1.82, 2.24) is 16.0 Å². The maximum absolute atomic E-state index is 10.6. The number of nitro groups is 1. The van der Waals surface area contributed by atoms with Crippen LogP contribution in [0.1, 0.15) is 12.5 Å². The molecule has 1 rings (SSSR count). The maximum Gasteiger partial charge on any atom is 0.269 e. The SMILES string of the molecule is CCNCCNCCNCC(N)Cc1ccc([N+](=O)[O-])cc1. The van der Waals surface area contributed by atoms with Crippen LogP contribution in [0, 0.1) is 10.1 Å². The summed E-state index contributed by atoms with van der Waals surface area (Å²) >= 11 is 0. The number of non-ortho nitro benzene ring substituents is 1. The summed E-state index contributed by atoms with van der Waals surface area (Å²) < 4.78 is 0. The van der Waals surface area contributed by atoms with Crippen molar-refractivity contribution < 1.29 is 4.92 Å². The lowest BCUT2D eigenvalue weighted by molar-refractivity contribution is -0.384. The summed E-state index contributed by atoms with van der Waals surface area (Å²) in [5, 5.41) is 20.5. The van der Waals surface area contributed by atoms with Crippen LogP contribution in [-0.4, -0.2) is 50.2 Å². The monoisotopic (exact) mass is 309 g/mol. The molecule has 0 amide bonds. The van der Waals surface area contributed by atoms with E-state index >= 15 is 0 Å². The zero-order chi connectivity index (χ0) is 16.2. The van der Waals surface area contributed by atoms with Crippen molar-refractivity contribution in [2.75, 3.05) is 39.3 Å². The van der Waals surface area contributed by atoms with Gasteiger partial charge in [0.2, 0.25) is 0 Å². The Morgan fingerprint density at radius 1 is 1.09 bits per heavy atom. The van der Waals surface area contributed by atoms with E-state index in [1.54, 1.807) is 12.1 Å². The molecule has 1 aromatic rings. The molecule has 0 aliphatic heterocycles. The molecule has 0 saturated carbocycles. The highest BCUT2D eigenvalue weighted by Gasteiger charge is 2.07. The molecule has 0 bridgehead atoms. The van der Waals surface area contributed by atoms with Crippen LogP contribution < -0.4 is 21.7 Å². The topological polar surface area (TPSA) is 105 Å². The zero-order valence-corrected chi connectivity index (χ0v) is 13.2. The first kappa shape index (κ1) is 18.5. The summed E-state index contributed by atoms with van der Waals surface area (Å²) in [6, 6.07) is 6.57. The molecule has 7 heteroatoms. The fourth-order valence-corrected chi connectivity index (χ4v) is 2.07. The molecule has 7 nitrogen and oxygen atoms in total. The fourth-order valence-electron chi connectivity index (χ4n) is 2.07. The van der Waals surface area contributed by atoms with Gasteiger partial charge < -0.3 is 21.7 Å². The van der Waals surface area contributed by atoms with Gasteiger partial charge in [0.1, 0.15) is 0 Å². The summed E-state index contributed by atoms with van der Waals surface area (Å²) in [4.78, 5) is 10.2. The number of nitrogens with one attached hydrogen (secondary N) is 3. The van der Waals surface area contributed by atoms with Crippen LogP contribution in [0.2, 0.25) is 0 Å². The van der Waals surface area contributed by atoms with E-state index in [0.717, 1.165) is 44.8 Å². The third kappa shape index (κ3) is 8.04. The van der Waals surface area contributed by atoms with Gasteiger partial charge in [-0.15, -0.1) is 0 Å². The number of benzene rings is 1. The first-order valence-corrected chi connectivity index (χ1v) is 7.74. The van der Waals surface area contributed by atoms with Gasteiger partial charge in [0.15, 0.2) is 0 Å². The highest BCUT2D eigenvalue weighted by Crippen LogP contribution is 2.12. The molecule has 1 aromatic carbocycles. The van der Waals surface area contributed by atoms with Gasteiger partial charge in [-0.25, -0.2) is 0 Å². The van der Waals surface area contributed by atoms with E-state index in [-0.39, 0.29) is 11.7 Å². The van der Waals surface area contributed by atoms with E-state index in [9.17, 15) is 10.1 Å². The van der Waals surface area contributed by atoms with Crippen molar-refractivity contribution in [3.8, 4) is 0 Å². The van der Waals surface area contributed by atoms with Crippen LogP contribution in [0.4, 0.5) is 5.69 Å². The molecular formula is C15H27N5O2. The maximum atomic E-state index is 10.6. The van der Waals surface area contributed by atoms with Crippen molar-refractivity contribution in [2.45, 2.75) is 19.4 Å². The fraction of sp³-hybridized carbons (Fsp3) is 0.600. The quantitative estimate of drug-likeness (QED) is 0.251. The number of nitrogens with zero attached hydrogens (tertiary/aromatic N) is 1. The molecule has 5 N–H and O–H groups in total. The predicted octanol–water partition coefficient (Wildman–Crippen LogP) is 0.253. The highest BCUT2D eigenvalue weighted by molar-refractivity contribution is 5.33. The second-order valence-electron chi connectivity index (χ2n) is 5.20. The summed E-state index contributed by atoms with van der Waals surface area (Å²) in [7, 11) is 0. The molecule has 0 spiro atoms. The van der Waals surface area contributed by atoms with Gasteiger partial charge >= 0.3 is 0 Å². The Hall–Kier alpha value is -1.54. The second kappa shape index (κ2) is 11.1. The van der Waals surface area contributed by atoms with Crippen LogP contribution in [0.25, 0.3) is 0 Å². The molecule has 0 aliphatic rings. The molecule has 22 heavy (non-hydrogen) atoms. The van der Waals surface area contributed by atoms with Gasteiger partial charge in [0.05, 0.1) is 4.92 Å². The van der Waals surface area contributed by atoms with Crippen LogP contribution in [-0.2, 0) is 6.42 Å². The Balaban J connectivity index is 2.10. The predicted molar refractivity (Wildman–Crippen MR) is 89.1 cm³/mol. The van der Waals surface area contributed by atoms with Crippen LogP contribution in [0.3, 0.4) is 0 Å². The average molecular weight is 309 g/mol. The molecule has 1 atom stereocenters. The van der Waals surface area contributed by atoms with Crippen LogP contribution in [0.5, 0.6) is 0 Å². The van der Waals surface area contributed by atoms with Crippen molar-refractivity contribution in [3.05, 3.63) is 39.9 Å². The Labute approximate surface area is 131 Å². The van der Waals surface area contributed by atoms with Crippen molar-refractivity contribution in [2.24, 2.45) is 5.73 Å². The Bertz CT molecular complexity index is 424. The van der Waals surface area contributed by atoms with Gasteiger partial charge in [-0.1, -0.05) is 19.1 Å². The second-order valence-corrected chi connectivity index (χ2v) is 5.20.